The van der Waals surface area contributed by atoms with Gasteiger partial charge in [0.15, 0.2) is 0 Å². The average Bonchev–Trinajstić information content (AvgIpc) is 2.89. The van der Waals surface area contributed by atoms with Crippen molar-refractivity contribution < 1.29 is 4.57 Å². The molecule has 0 amide bonds. The molecule has 0 spiro atoms. The Morgan fingerprint density at radius 3 is 2.39 bits per heavy atom. The second-order valence-corrected chi connectivity index (χ2v) is 5.83. The van der Waals surface area contributed by atoms with Crippen LogP contribution >= 0.6 is 0 Å². The van der Waals surface area contributed by atoms with E-state index in [9.17, 15) is 0 Å². The molecule has 1 aliphatic rings. The zero-order chi connectivity index (χ0) is 12.8. The van der Waals surface area contributed by atoms with E-state index in [1.54, 1.807) is 0 Å². The maximum Gasteiger partial charge on any atom is 0.244 e. The quantitative estimate of drug-likeness (QED) is 0.660. The van der Waals surface area contributed by atoms with Crippen LogP contribution in [0.3, 0.4) is 0 Å². The van der Waals surface area contributed by atoms with Crippen molar-refractivity contribution in [3.63, 3.8) is 0 Å². The summed E-state index contributed by atoms with van der Waals surface area (Å²) in [4.78, 5) is 0. The summed E-state index contributed by atoms with van der Waals surface area (Å²) in [6.07, 6.45) is 19.2. The van der Waals surface area contributed by atoms with Crippen LogP contribution in [0.15, 0.2) is 18.7 Å². The smallest absolute Gasteiger partial charge is 0.234 e. The van der Waals surface area contributed by atoms with Crippen molar-refractivity contribution >= 4 is 0 Å². The molecule has 0 aromatic carbocycles. The van der Waals surface area contributed by atoms with E-state index in [-0.39, 0.29) is 0 Å². The van der Waals surface area contributed by atoms with Gasteiger partial charge in [-0.2, -0.15) is 0 Å². The van der Waals surface area contributed by atoms with Crippen molar-refractivity contribution in [1.29, 1.82) is 0 Å². The highest BCUT2D eigenvalue weighted by Crippen LogP contribution is 2.24. The molecule has 1 fully saturated rings. The van der Waals surface area contributed by atoms with Crippen LogP contribution in [0.2, 0.25) is 0 Å². The molecule has 0 bridgehead atoms. The molecule has 2 nitrogen and oxygen atoms in total. The monoisotopic (exact) mass is 249 g/mol. The van der Waals surface area contributed by atoms with Gasteiger partial charge in [-0.1, -0.05) is 33.1 Å². The molecular formula is C16H29N2+. The summed E-state index contributed by atoms with van der Waals surface area (Å²) in [5, 5.41) is 0. The van der Waals surface area contributed by atoms with Crippen LogP contribution in [0.1, 0.15) is 83.7 Å². The summed E-state index contributed by atoms with van der Waals surface area (Å²) >= 11 is 0. The van der Waals surface area contributed by atoms with Crippen LogP contribution in [0.5, 0.6) is 0 Å². The average molecular weight is 249 g/mol. The summed E-state index contributed by atoms with van der Waals surface area (Å²) in [5.74, 6) is 0. The summed E-state index contributed by atoms with van der Waals surface area (Å²) < 4.78 is 4.93. The predicted octanol–water partition coefficient (Wildman–Crippen LogP) is 4.42. The molecule has 0 unspecified atom stereocenters. The maximum atomic E-state index is 2.47. The van der Waals surface area contributed by atoms with E-state index >= 15 is 0 Å². The summed E-state index contributed by atoms with van der Waals surface area (Å²) in [6.45, 7) is 4.59. The molecule has 0 N–H and O–H groups in total. The van der Waals surface area contributed by atoms with Crippen LogP contribution in [0, 0.1) is 0 Å². The lowest BCUT2D eigenvalue weighted by atomic mass is 9.95. The lowest BCUT2D eigenvalue weighted by molar-refractivity contribution is -0.725. The van der Waals surface area contributed by atoms with Crippen LogP contribution < -0.4 is 4.57 Å². The molecule has 102 valence electrons. The number of imidazole rings is 1. The number of rotatable bonds is 6. The second-order valence-electron chi connectivity index (χ2n) is 5.83. The van der Waals surface area contributed by atoms with Gasteiger partial charge < -0.3 is 0 Å². The normalized spacial score (nSPS) is 17.5. The highest BCUT2D eigenvalue weighted by atomic mass is 15.1. The maximum absolute atomic E-state index is 2.47. The van der Waals surface area contributed by atoms with Crippen molar-refractivity contribution in [2.24, 2.45) is 0 Å². The third-order valence-corrected chi connectivity index (χ3v) is 4.34. The summed E-state index contributed by atoms with van der Waals surface area (Å²) in [5.41, 5.74) is 0. The third kappa shape index (κ3) is 3.37. The highest BCUT2D eigenvalue weighted by molar-refractivity contribution is 4.76. The van der Waals surface area contributed by atoms with E-state index in [1.165, 1.54) is 57.8 Å². The van der Waals surface area contributed by atoms with Gasteiger partial charge in [0, 0.05) is 0 Å². The lowest BCUT2D eigenvalue weighted by Crippen LogP contribution is -2.38. The first-order chi connectivity index (χ1) is 8.85. The van der Waals surface area contributed by atoms with Crippen molar-refractivity contribution in [3.05, 3.63) is 18.7 Å². The van der Waals surface area contributed by atoms with E-state index in [2.05, 4.69) is 41.7 Å². The first kappa shape index (κ1) is 13.6. The van der Waals surface area contributed by atoms with Gasteiger partial charge >= 0.3 is 0 Å². The summed E-state index contributed by atoms with van der Waals surface area (Å²) in [7, 11) is 0. The van der Waals surface area contributed by atoms with Crippen molar-refractivity contribution in [3.8, 4) is 0 Å². The Balaban J connectivity index is 2.02. The Labute approximate surface area is 112 Å². The molecule has 2 heteroatoms. The van der Waals surface area contributed by atoms with Gasteiger partial charge in [-0.3, -0.25) is 0 Å². The Kier molecular flexibility index (Phi) is 5.27. The van der Waals surface area contributed by atoms with E-state index in [0.717, 1.165) is 6.04 Å². The first-order valence-corrected chi connectivity index (χ1v) is 7.93. The molecule has 1 saturated carbocycles. The topological polar surface area (TPSA) is 8.81 Å². The molecule has 0 saturated heterocycles. The van der Waals surface area contributed by atoms with Crippen LogP contribution in [0.4, 0.5) is 0 Å². The molecular weight excluding hydrogens is 220 g/mol. The fourth-order valence-electron chi connectivity index (χ4n) is 3.31. The second kappa shape index (κ2) is 6.96. The fraction of sp³-hybridized carbons (Fsp3) is 0.812. The molecule has 0 atom stereocenters. The third-order valence-electron chi connectivity index (χ3n) is 4.34. The Bertz CT molecular complexity index is 331. The van der Waals surface area contributed by atoms with E-state index in [1.807, 2.05) is 0 Å². The van der Waals surface area contributed by atoms with Crippen LogP contribution in [0.25, 0.3) is 0 Å². The number of aromatic nitrogens is 2. The highest BCUT2D eigenvalue weighted by Gasteiger charge is 2.22. The van der Waals surface area contributed by atoms with Gasteiger partial charge in [-0.05, 0) is 38.5 Å². The predicted molar refractivity (Wildman–Crippen MR) is 75.6 cm³/mol. The van der Waals surface area contributed by atoms with Gasteiger partial charge in [0.25, 0.3) is 0 Å². The van der Waals surface area contributed by atoms with E-state index in [0.29, 0.717) is 6.04 Å². The standard InChI is InChI=1S/C16H29N2/c1-3-8-15(9-4-2)17-12-13-18(14-17)16-10-6-5-7-11-16/h12-16H,3-11H2,1-2H3/q+1. The van der Waals surface area contributed by atoms with E-state index < -0.39 is 0 Å². The summed E-state index contributed by atoms with van der Waals surface area (Å²) in [6, 6.07) is 1.48. The molecule has 1 heterocycles. The lowest BCUT2D eigenvalue weighted by Gasteiger charge is -2.18. The van der Waals surface area contributed by atoms with Crippen molar-refractivity contribution in [2.45, 2.75) is 83.7 Å². The Morgan fingerprint density at radius 2 is 1.78 bits per heavy atom. The van der Waals surface area contributed by atoms with Gasteiger partial charge in [0.1, 0.15) is 24.5 Å². The molecule has 0 aliphatic heterocycles. The first-order valence-electron chi connectivity index (χ1n) is 7.93. The molecule has 0 radical (unpaired) electrons. The van der Waals surface area contributed by atoms with Gasteiger partial charge in [-0.15, -0.1) is 0 Å². The van der Waals surface area contributed by atoms with Crippen LogP contribution in [-0.4, -0.2) is 4.57 Å². The molecule has 1 aliphatic carbocycles. The Morgan fingerprint density at radius 1 is 1.11 bits per heavy atom. The van der Waals surface area contributed by atoms with Crippen molar-refractivity contribution in [1.82, 2.24) is 4.57 Å². The molecule has 2 rings (SSSR count). The van der Waals surface area contributed by atoms with Gasteiger partial charge in [-0.25, -0.2) is 9.13 Å². The largest absolute Gasteiger partial charge is 0.244 e. The van der Waals surface area contributed by atoms with Crippen LogP contribution in [-0.2, 0) is 0 Å². The minimum Gasteiger partial charge on any atom is -0.234 e. The van der Waals surface area contributed by atoms with E-state index in [4.69, 9.17) is 0 Å². The minimum atomic E-state index is 0.713. The SMILES string of the molecule is CCCC(CCC)n1cc[n+](C2CCCCC2)c1. The Hall–Kier alpha value is -0.790. The molecule has 1 aromatic heterocycles. The van der Waals surface area contributed by atoms with Crippen molar-refractivity contribution in [2.75, 3.05) is 0 Å². The van der Waals surface area contributed by atoms with Gasteiger partial charge in [0.05, 0.1) is 0 Å². The fourth-order valence-corrected chi connectivity index (χ4v) is 3.31. The zero-order valence-corrected chi connectivity index (χ0v) is 12.1. The zero-order valence-electron chi connectivity index (χ0n) is 12.1. The number of hydrogen-bond donors (Lipinski definition) is 0. The molecule has 1 aromatic rings. The van der Waals surface area contributed by atoms with Gasteiger partial charge in [0.2, 0.25) is 6.33 Å². The molecule has 18 heavy (non-hydrogen) atoms. The number of hydrogen-bond acceptors (Lipinski definition) is 0. The minimum absolute atomic E-state index is 0.713. The number of nitrogens with zero attached hydrogens (tertiary/aromatic N) is 2.